The molecular formula is C13H10Cl2FNOS. The molecule has 2 aromatic rings. The second kappa shape index (κ2) is 6.48. The normalized spacial score (nSPS) is 10.5. The number of benzene rings is 2. The summed E-state index contributed by atoms with van der Waals surface area (Å²) in [5.41, 5.74) is 1.15. The summed E-state index contributed by atoms with van der Waals surface area (Å²) in [7, 11) is 0. The molecule has 2 N–H and O–H groups in total. The SMILES string of the molecule is OCc1ccc(F)cc1NSc1ccc(Cl)c(Cl)c1. The molecule has 2 rings (SSSR count). The van der Waals surface area contributed by atoms with E-state index in [9.17, 15) is 9.50 Å². The van der Waals surface area contributed by atoms with Crippen molar-refractivity contribution in [2.24, 2.45) is 0 Å². The molecule has 2 nitrogen and oxygen atoms in total. The molecule has 19 heavy (non-hydrogen) atoms. The van der Waals surface area contributed by atoms with Crippen LogP contribution >= 0.6 is 35.1 Å². The average Bonchev–Trinajstić information content (AvgIpc) is 2.40. The Morgan fingerprint density at radius 1 is 1.11 bits per heavy atom. The van der Waals surface area contributed by atoms with Crippen LogP contribution in [0.1, 0.15) is 5.56 Å². The van der Waals surface area contributed by atoms with Crippen LogP contribution in [-0.4, -0.2) is 5.11 Å². The summed E-state index contributed by atoms with van der Waals surface area (Å²) in [4.78, 5) is 0.836. The van der Waals surface area contributed by atoms with Crippen molar-refractivity contribution < 1.29 is 9.50 Å². The van der Waals surface area contributed by atoms with Gasteiger partial charge in [-0.05, 0) is 42.3 Å². The van der Waals surface area contributed by atoms with Crippen molar-refractivity contribution in [2.75, 3.05) is 4.72 Å². The molecule has 0 heterocycles. The second-order valence-electron chi connectivity index (χ2n) is 3.74. The predicted octanol–water partition coefficient (Wildman–Crippen LogP) is 4.74. The van der Waals surface area contributed by atoms with E-state index in [2.05, 4.69) is 4.72 Å². The van der Waals surface area contributed by atoms with Gasteiger partial charge in [0, 0.05) is 10.5 Å². The minimum Gasteiger partial charge on any atom is -0.392 e. The van der Waals surface area contributed by atoms with Crippen molar-refractivity contribution in [3.8, 4) is 0 Å². The minimum absolute atomic E-state index is 0.162. The van der Waals surface area contributed by atoms with Crippen LogP contribution in [-0.2, 0) is 6.61 Å². The van der Waals surface area contributed by atoms with E-state index in [4.69, 9.17) is 23.2 Å². The first-order valence-corrected chi connectivity index (χ1v) is 6.94. The van der Waals surface area contributed by atoms with Gasteiger partial charge in [-0.25, -0.2) is 4.39 Å². The molecule has 0 saturated heterocycles. The molecule has 0 spiro atoms. The van der Waals surface area contributed by atoms with Gasteiger partial charge in [0.15, 0.2) is 0 Å². The van der Waals surface area contributed by atoms with E-state index in [-0.39, 0.29) is 12.4 Å². The molecule has 2 aromatic carbocycles. The van der Waals surface area contributed by atoms with Gasteiger partial charge in [-0.1, -0.05) is 29.3 Å². The fourth-order valence-electron chi connectivity index (χ4n) is 1.44. The Balaban J connectivity index is 2.13. The maximum absolute atomic E-state index is 13.2. The van der Waals surface area contributed by atoms with Gasteiger partial charge < -0.3 is 9.83 Å². The van der Waals surface area contributed by atoms with E-state index < -0.39 is 0 Å². The summed E-state index contributed by atoms with van der Waals surface area (Å²) in [6.07, 6.45) is 0. The Bertz CT molecular complexity index is 595. The summed E-state index contributed by atoms with van der Waals surface area (Å²) in [6, 6.07) is 9.36. The number of rotatable bonds is 4. The van der Waals surface area contributed by atoms with Gasteiger partial charge in [-0.2, -0.15) is 0 Å². The highest BCUT2D eigenvalue weighted by molar-refractivity contribution is 8.00. The highest BCUT2D eigenvalue weighted by Gasteiger charge is 2.05. The van der Waals surface area contributed by atoms with Crippen molar-refractivity contribution in [1.82, 2.24) is 0 Å². The molecular weight excluding hydrogens is 308 g/mol. The Hall–Kier alpha value is -0.940. The second-order valence-corrected chi connectivity index (χ2v) is 5.43. The predicted molar refractivity (Wildman–Crippen MR) is 78.3 cm³/mol. The van der Waals surface area contributed by atoms with Crippen LogP contribution in [0.4, 0.5) is 10.1 Å². The Kier molecular flexibility index (Phi) is 4.93. The lowest BCUT2D eigenvalue weighted by atomic mass is 10.2. The highest BCUT2D eigenvalue weighted by atomic mass is 35.5. The molecule has 6 heteroatoms. The van der Waals surface area contributed by atoms with Gasteiger partial charge in [-0.3, -0.25) is 0 Å². The van der Waals surface area contributed by atoms with Gasteiger partial charge in [0.2, 0.25) is 0 Å². The number of nitrogens with one attached hydrogen (secondary N) is 1. The lowest BCUT2D eigenvalue weighted by molar-refractivity contribution is 0.282. The molecule has 0 unspecified atom stereocenters. The number of hydrogen-bond donors (Lipinski definition) is 2. The van der Waals surface area contributed by atoms with Crippen LogP contribution in [0.5, 0.6) is 0 Å². The van der Waals surface area contributed by atoms with Gasteiger partial charge in [0.05, 0.1) is 22.3 Å². The zero-order chi connectivity index (χ0) is 13.8. The molecule has 0 aliphatic heterocycles. The van der Waals surface area contributed by atoms with Crippen molar-refractivity contribution >= 4 is 40.8 Å². The van der Waals surface area contributed by atoms with Crippen LogP contribution in [0.25, 0.3) is 0 Å². The largest absolute Gasteiger partial charge is 0.392 e. The van der Waals surface area contributed by atoms with Crippen LogP contribution in [0.3, 0.4) is 0 Å². The number of aliphatic hydroxyl groups is 1. The molecule has 0 amide bonds. The highest BCUT2D eigenvalue weighted by Crippen LogP contribution is 2.29. The quantitative estimate of drug-likeness (QED) is 0.798. The topological polar surface area (TPSA) is 32.3 Å². The van der Waals surface area contributed by atoms with E-state index in [1.807, 2.05) is 0 Å². The minimum atomic E-state index is -0.366. The van der Waals surface area contributed by atoms with E-state index in [1.165, 1.54) is 30.1 Å². The van der Waals surface area contributed by atoms with E-state index >= 15 is 0 Å². The molecule has 0 bridgehead atoms. The first-order valence-electron chi connectivity index (χ1n) is 5.37. The van der Waals surface area contributed by atoms with Gasteiger partial charge >= 0.3 is 0 Å². The van der Waals surface area contributed by atoms with Gasteiger partial charge in [0.25, 0.3) is 0 Å². The molecule has 0 saturated carbocycles. The van der Waals surface area contributed by atoms with Gasteiger partial charge in [-0.15, -0.1) is 0 Å². The van der Waals surface area contributed by atoms with Crippen molar-refractivity contribution in [3.63, 3.8) is 0 Å². The Morgan fingerprint density at radius 3 is 2.58 bits per heavy atom. The maximum Gasteiger partial charge on any atom is 0.125 e. The van der Waals surface area contributed by atoms with E-state index in [0.29, 0.717) is 21.3 Å². The van der Waals surface area contributed by atoms with E-state index in [0.717, 1.165) is 4.90 Å². The Morgan fingerprint density at radius 2 is 1.89 bits per heavy atom. The smallest absolute Gasteiger partial charge is 0.125 e. The third-order valence-corrected chi connectivity index (χ3v) is 3.96. The lowest BCUT2D eigenvalue weighted by Crippen LogP contribution is -1.95. The van der Waals surface area contributed by atoms with Crippen molar-refractivity contribution in [3.05, 3.63) is 57.8 Å². The van der Waals surface area contributed by atoms with E-state index in [1.54, 1.807) is 18.2 Å². The van der Waals surface area contributed by atoms with Crippen molar-refractivity contribution in [1.29, 1.82) is 0 Å². The number of halogens is 3. The number of aliphatic hydroxyl groups excluding tert-OH is 1. The first kappa shape index (κ1) is 14.5. The zero-order valence-electron chi connectivity index (χ0n) is 9.66. The van der Waals surface area contributed by atoms with Crippen LogP contribution in [0.15, 0.2) is 41.3 Å². The summed E-state index contributed by atoms with van der Waals surface area (Å²) in [5, 5.41) is 10.1. The van der Waals surface area contributed by atoms with Gasteiger partial charge in [0.1, 0.15) is 5.82 Å². The summed E-state index contributed by atoms with van der Waals surface area (Å²) < 4.78 is 16.1. The fraction of sp³-hybridized carbons (Fsp3) is 0.0769. The zero-order valence-corrected chi connectivity index (χ0v) is 12.0. The average molecular weight is 318 g/mol. The number of anilines is 1. The molecule has 0 fully saturated rings. The standard InChI is InChI=1S/C13H10Cl2FNOS/c14-11-4-3-10(6-12(11)15)19-17-13-5-9(16)2-1-8(13)7-18/h1-6,17-18H,7H2. The Labute approximate surface area is 124 Å². The molecule has 0 aliphatic rings. The van der Waals surface area contributed by atoms with Crippen LogP contribution in [0.2, 0.25) is 10.0 Å². The third-order valence-electron chi connectivity index (χ3n) is 2.41. The molecule has 0 atom stereocenters. The fourth-order valence-corrected chi connectivity index (χ4v) is 2.53. The molecule has 100 valence electrons. The maximum atomic E-state index is 13.2. The monoisotopic (exact) mass is 317 g/mol. The van der Waals surface area contributed by atoms with Crippen LogP contribution in [0, 0.1) is 5.82 Å². The van der Waals surface area contributed by atoms with Crippen molar-refractivity contribution in [2.45, 2.75) is 11.5 Å². The summed E-state index contributed by atoms with van der Waals surface area (Å²) in [5.74, 6) is -0.366. The van der Waals surface area contributed by atoms with Crippen LogP contribution < -0.4 is 4.72 Å². The molecule has 0 radical (unpaired) electrons. The molecule has 0 aliphatic carbocycles. The molecule has 0 aromatic heterocycles. The number of hydrogen-bond acceptors (Lipinski definition) is 3. The first-order chi connectivity index (χ1) is 9.10. The summed E-state index contributed by atoms with van der Waals surface area (Å²) in [6.45, 7) is -0.162. The lowest BCUT2D eigenvalue weighted by Gasteiger charge is -2.10. The summed E-state index contributed by atoms with van der Waals surface area (Å²) >= 11 is 13.0. The third kappa shape index (κ3) is 3.76.